The lowest BCUT2D eigenvalue weighted by molar-refractivity contribution is -0.132. The van der Waals surface area contributed by atoms with Crippen LogP contribution >= 0.6 is 0 Å². The Hall–Kier alpha value is -2.08. The standard InChI is InChI=1S/C24H37N3O3/c1-25(23(28)11-6-15-27-16-7-12-24(27)29)18-20-8-5-14-26(19-20)17-13-21-9-3-4-10-22(21)30-2/h3-4,9-10,20H,5-8,11-19H2,1-2H3/t20-/m1/s1. The number of carbonyl (C=O) groups excluding carboxylic acids is 2. The highest BCUT2D eigenvalue weighted by atomic mass is 16.5. The molecule has 0 N–H and O–H groups in total. The Kier molecular flexibility index (Phi) is 8.55. The summed E-state index contributed by atoms with van der Waals surface area (Å²) in [6.45, 7) is 5.61. The van der Waals surface area contributed by atoms with Gasteiger partial charge in [-0.15, -0.1) is 0 Å². The average molecular weight is 416 g/mol. The van der Waals surface area contributed by atoms with Crippen LogP contribution in [0.1, 0.15) is 44.1 Å². The molecule has 6 nitrogen and oxygen atoms in total. The first kappa shape index (κ1) is 22.6. The van der Waals surface area contributed by atoms with Crippen molar-refractivity contribution < 1.29 is 14.3 Å². The Morgan fingerprint density at radius 1 is 1.20 bits per heavy atom. The van der Waals surface area contributed by atoms with E-state index < -0.39 is 0 Å². The highest BCUT2D eigenvalue weighted by Crippen LogP contribution is 2.21. The van der Waals surface area contributed by atoms with E-state index in [2.05, 4.69) is 17.0 Å². The van der Waals surface area contributed by atoms with Gasteiger partial charge in [-0.2, -0.15) is 0 Å². The summed E-state index contributed by atoms with van der Waals surface area (Å²) in [5, 5.41) is 0. The Labute approximate surface area is 181 Å². The van der Waals surface area contributed by atoms with Gasteiger partial charge in [0.1, 0.15) is 5.75 Å². The summed E-state index contributed by atoms with van der Waals surface area (Å²) in [4.78, 5) is 30.5. The molecule has 2 amide bonds. The minimum atomic E-state index is 0.202. The second kappa shape index (κ2) is 11.3. The molecule has 30 heavy (non-hydrogen) atoms. The Bertz CT molecular complexity index is 709. The number of amides is 2. The summed E-state index contributed by atoms with van der Waals surface area (Å²) >= 11 is 0. The fourth-order valence-electron chi connectivity index (χ4n) is 4.73. The minimum absolute atomic E-state index is 0.202. The normalized spacial score (nSPS) is 19.9. The molecule has 2 aliphatic rings. The lowest BCUT2D eigenvalue weighted by atomic mass is 9.97. The van der Waals surface area contributed by atoms with Gasteiger partial charge in [-0.3, -0.25) is 9.59 Å². The number of benzene rings is 1. The number of methoxy groups -OCH3 is 1. The van der Waals surface area contributed by atoms with Crippen LogP contribution < -0.4 is 4.74 Å². The molecule has 2 heterocycles. The molecule has 3 rings (SSSR count). The molecule has 0 radical (unpaired) electrons. The monoisotopic (exact) mass is 415 g/mol. The Morgan fingerprint density at radius 3 is 2.80 bits per heavy atom. The van der Waals surface area contributed by atoms with Gasteiger partial charge in [-0.1, -0.05) is 18.2 Å². The number of hydrogen-bond acceptors (Lipinski definition) is 4. The van der Waals surface area contributed by atoms with Crippen LogP contribution in [0, 0.1) is 5.92 Å². The first-order chi connectivity index (χ1) is 14.6. The summed E-state index contributed by atoms with van der Waals surface area (Å²) in [5.41, 5.74) is 1.26. The number of rotatable bonds is 10. The van der Waals surface area contributed by atoms with E-state index in [-0.39, 0.29) is 11.8 Å². The maximum atomic E-state index is 12.5. The summed E-state index contributed by atoms with van der Waals surface area (Å²) in [5.74, 6) is 1.94. The molecule has 0 spiro atoms. The number of para-hydroxylation sites is 1. The third-order valence-electron chi connectivity index (χ3n) is 6.44. The van der Waals surface area contributed by atoms with E-state index in [1.807, 2.05) is 29.0 Å². The van der Waals surface area contributed by atoms with Crippen molar-refractivity contribution in [2.75, 3.05) is 53.4 Å². The van der Waals surface area contributed by atoms with E-state index in [0.717, 1.165) is 64.3 Å². The van der Waals surface area contributed by atoms with Crippen molar-refractivity contribution in [3.05, 3.63) is 29.8 Å². The third kappa shape index (κ3) is 6.46. The van der Waals surface area contributed by atoms with E-state index in [9.17, 15) is 9.59 Å². The zero-order valence-corrected chi connectivity index (χ0v) is 18.6. The molecule has 1 atom stereocenters. The molecule has 0 unspecified atom stereocenters. The molecule has 0 bridgehead atoms. The fourth-order valence-corrected chi connectivity index (χ4v) is 4.73. The summed E-state index contributed by atoms with van der Waals surface area (Å²) in [6, 6.07) is 8.24. The van der Waals surface area contributed by atoms with E-state index >= 15 is 0 Å². The van der Waals surface area contributed by atoms with E-state index in [0.29, 0.717) is 18.8 Å². The summed E-state index contributed by atoms with van der Waals surface area (Å²) in [6.07, 6.45) is 6.29. The molecular weight excluding hydrogens is 378 g/mol. The van der Waals surface area contributed by atoms with Gasteiger partial charge < -0.3 is 19.4 Å². The Morgan fingerprint density at radius 2 is 2.03 bits per heavy atom. The lowest BCUT2D eigenvalue weighted by Crippen LogP contribution is -2.42. The second-order valence-corrected chi connectivity index (χ2v) is 8.73. The minimum Gasteiger partial charge on any atom is -0.496 e. The van der Waals surface area contributed by atoms with Crippen LogP contribution in [0.4, 0.5) is 0 Å². The molecule has 0 aromatic heterocycles. The quantitative estimate of drug-likeness (QED) is 0.590. The highest BCUT2D eigenvalue weighted by molar-refractivity contribution is 5.78. The van der Waals surface area contributed by atoms with Gasteiger partial charge in [0.2, 0.25) is 11.8 Å². The molecule has 6 heteroatoms. The van der Waals surface area contributed by atoms with Crippen LogP contribution in [-0.4, -0.2) is 79.9 Å². The largest absolute Gasteiger partial charge is 0.496 e. The van der Waals surface area contributed by atoms with Gasteiger partial charge in [0.05, 0.1) is 7.11 Å². The molecule has 2 aliphatic heterocycles. The fraction of sp³-hybridized carbons (Fsp3) is 0.667. The van der Waals surface area contributed by atoms with Gasteiger partial charge >= 0.3 is 0 Å². The number of carbonyl (C=O) groups is 2. The zero-order valence-electron chi connectivity index (χ0n) is 18.6. The van der Waals surface area contributed by atoms with E-state index in [1.165, 1.54) is 18.4 Å². The molecule has 2 fully saturated rings. The van der Waals surface area contributed by atoms with Crippen LogP contribution in [0.2, 0.25) is 0 Å². The molecule has 0 saturated carbocycles. The molecule has 2 saturated heterocycles. The van der Waals surface area contributed by atoms with E-state index in [1.54, 1.807) is 7.11 Å². The van der Waals surface area contributed by atoms with Crippen molar-refractivity contribution in [2.24, 2.45) is 5.92 Å². The number of ether oxygens (including phenoxy) is 1. The SMILES string of the molecule is COc1ccccc1CCN1CCC[C@H](CN(C)C(=O)CCCN2CCCC2=O)C1. The first-order valence-electron chi connectivity index (χ1n) is 11.4. The van der Waals surface area contributed by atoms with Gasteiger partial charge in [0.25, 0.3) is 0 Å². The smallest absolute Gasteiger partial charge is 0.222 e. The number of hydrogen-bond donors (Lipinski definition) is 0. The molecular formula is C24H37N3O3. The lowest BCUT2D eigenvalue weighted by Gasteiger charge is -2.35. The van der Waals surface area contributed by atoms with Crippen molar-refractivity contribution in [2.45, 2.75) is 44.9 Å². The third-order valence-corrected chi connectivity index (χ3v) is 6.44. The van der Waals surface area contributed by atoms with Crippen LogP contribution in [0.15, 0.2) is 24.3 Å². The van der Waals surface area contributed by atoms with Crippen molar-refractivity contribution in [1.82, 2.24) is 14.7 Å². The Balaban J connectivity index is 1.38. The zero-order chi connectivity index (χ0) is 21.3. The second-order valence-electron chi connectivity index (χ2n) is 8.73. The molecule has 1 aromatic rings. The maximum Gasteiger partial charge on any atom is 0.222 e. The molecule has 1 aromatic carbocycles. The van der Waals surface area contributed by atoms with Gasteiger partial charge in [-0.25, -0.2) is 0 Å². The van der Waals surface area contributed by atoms with Crippen LogP contribution in [-0.2, 0) is 16.0 Å². The number of piperidine rings is 1. The van der Waals surface area contributed by atoms with Gasteiger partial charge in [0, 0.05) is 52.6 Å². The summed E-state index contributed by atoms with van der Waals surface area (Å²) < 4.78 is 5.47. The number of likely N-dealkylation sites (tertiary alicyclic amines) is 2. The highest BCUT2D eigenvalue weighted by Gasteiger charge is 2.23. The van der Waals surface area contributed by atoms with Gasteiger partial charge in [0.15, 0.2) is 0 Å². The first-order valence-corrected chi connectivity index (χ1v) is 11.4. The van der Waals surface area contributed by atoms with Crippen molar-refractivity contribution >= 4 is 11.8 Å². The van der Waals surface area contributed by atoms with Crippen molar-refractivity contribution in [3.8, 4) is 5.75 Å². The van der Waals surface area contributed by atoms with Gasteiger partial charge in [-0.05, 0) is 56.2 Å². The van der Waals surface area contributed by atoms with Crippen molar-refractivity contribution in [3.63, 3.8) is 0 Å². The van der Waals surface area contributed by atoms with Crippen LogP contribution in [0.3, 0.4) is 0 Å². The molecule has 166 valence electrons. The van der Waals surface area contributed by atoms with Crippen molar-refractivity contribution in [1.29, 1.82) is 0 Å². The predicted molar refractivity (Wildman–Crippen MR) is 119 cm³/mol. The predicted octanol–water partition coefficient (Wildman–Crippen LogP) is 2.81. The molecule has 0 aliphatic carbocycles. The number of nitrogens with zero attached hydrogens (tertiary/aromatic N) is 3. The van der Waals surface area contributed by atoms with E-state index in [4.69, 9.17) is 4.74 Å². The van der Waals surface area contributed by atoms with Crippen LogP contribution in [0.25, 0.3) is 0 Å². The average Bonchev–Trinajstić information content (AvgIpc) is 3.17. The maximum absolute atomic E-state index is 12.5. The topological polar surface area (TPSA) is 53.1 Å². The summed E-state index contributed by atoms with van der Waals surface area (Å²) in [7, 11) is 3.66. The van der Waals surface area contributed by atoms with Crippen LogP contribution in [0.5, 0.6) is 5.75 Å².